The molecule has 0 spiro atoms. The molecule has 0 aromatic heterocycles. The van der Waals surface area contributed by atoms with Crippen LogP contribution in [0.15, 0.2) is 103 Å². The minimum absolute atomic E-state index is 0.432. The molecule has 0 aliphatic carbocycles. The lowest BCUT2D eigenvalue weighted by molar-refractivity contribution is 0.513. The van der Waals surface area contributed by atoms with Gasteiger partial charge in [0.05, 0.1) is 0 Å². The van der Waals surface area contributed by atoms with Crippen LogP contribution in [-0.4, -0.2) is 0 Å². The van der Waals surface area contributed by atoms with Gasteiger partial charge in [0.15, 0.2) is 5.75 Å². The molecule has 0 radical (unpaired) electrons. The summed E-state index contributed by atoms with van der Waals surface area (Å²) in [6.07, 6.45) is 5.35. The van der Waals surface area contributed by atoms with Crippen LogP contribution >= 0.6 is 0 Å². The Kier molecular flexibility index (Phi) is 5.87. The van der Waals surface area contributed by atoms with Gasteiger partial charge in [0.25, 0.3) is 18.8 Å². The maximum Gasteiger partial charge on any atom is 0.292 e. The van der Waals surface area contributed by atoms with Crippen LogP contribution in [0.2, 0.25) is 0 Å². The fourth-order valence-corrected chi connectivity index (χ4v) is 5.27. The van der Waals surface area contributed by atoms with E-state index >= 15 is 0 Å². The number of rotatable bonds is 5. The number of hydrogen-bond donors (Lipinski definition) is 0. The fraction of sp³-hybridized carbons (Fsp3) is 0. The van der Waals surface area contributed by atoms with Gasteiger partial charge in [-0.2, -0.15) is 0 Å². The highest BCUT2D eigenvalue weighted by molar-refractivity contribution is 6.15. The van der Waals surface area contributed by atoms with Crippen molar-refractivity contribution in [3.8, 4) is 58.3 Å². The van der Waals surface area contributed by atoms with Gasteiger partial charge in [0.1, 0.15) is 11.5 Å². The molecule has 0 heterocycles. The summed E-state index contributed by atoms with van der Waals surface area (Å²) in [4.78, 5) is 0. The third-order valence-electron chi connectivity index (χ3n) is 6.82. The molecule has 0 atom stereocenters. The van der Waals surface area contributed by atoms with Crippen molar-refractivity contribution < 1.29 is 14.2 Å². The van der Waals surface area contributed by atoms with E-state index in [1.54, 1.807) is 30.7 Å². The molecular formula is C33H17N3O3. The Hall–Kier alpha value is -6.03. The number of fused-ring (bicyclic) bond motifs is 3. The molecule has 0 N–H and O–H groups in total. The number of nitrogens with zero attached hydrogens (tertiary/aromatic N) is 3. The van der Waals surface area contributed by atoms with E-state index in [1.807, 2.05) is 85.1 Å². The molecule has 6 aromatic rings. The largest absolute Gasteiger partial charge is 0.387 e. The molecule has 182 valence electrons. The smallest absolute Gasteiger partial charge is 0.292 e. The molecule has 0 aliphatic rings. The first-order chi connectivity index (χ1) is 19.2. The molecule has 6 aromatic carbocycles. The number of ether oxygens (including phenoxy) is 3. The molecule has 39 heavy (non-hydrogen) atoms. The van der Waals surface area contributed by atoms with Crippen molar-refractivity contribution in [2.75, 3.05) is 0 Å². The Balaban J connectivity index is 1.68. The fourth-order valence-electron chi connectivity index (χ4n) is 5.27. The summed E-state index contributed by atoms with van der Waals surface area (Å²) in [6, 6.07) is 32.6. The predicted octanol–water partition coefficient (Wildman–Crippen LogP) is 8.06. The topological polar surface area (TPSA) is 99.1 Å². The zero-order chi connectivity index (χ0) is 26.8. The van der Waals surface area contributed by atoms with E-state index in [2.05, 4.69) is 6.07 Å². The van der Waals surface area contributed by atoms with Crippen LogP contribution < -0.4 is 14.2 Å². The summed E-state index contributed by atoms with van der Waals surface area (Å²) in [6.45, 7) is 0. The second-order valence-corrected chi connectivity index (χ2v) is 8.73. The first-order valence-corrected chi connectivity index (χ1v) is 12.0. The molecule has 0 fully saturated rings. The van der Waals surface area contributed by atoms with E-state index in [4.69, 9.17) is 24.7 Å². The monoisotopic (exact) mass is 503 g/mol. The zero-order valence-electron chi connectivity index (χ0n) is 20.4. The van der Waals surface area contributed by atoms with E-state index in [-0.39, 0.29) is 0 Å². The quantitative estimate of drug-likeness (QED) is 0.221. The van der Waals surface area contributed by atoms with Crippen molar-refractivity contribution in [1.82, 2.24) is 0 Å². The van der Waals surface area contributed by atoms with Crippen LogP contribution in [0.5, 0.6) is 17.2 Å². The summed E-state index contributed by atoms with van der Waals surface area (Å²) >= 11 is 0. The number of nitriles is 3. The molecule has 0 saturated carbocycles. The van der Waals surface area contributed by atoms with E-state index < -0.39 is 0 Å². The Morgan fingerprint density at radius 3 is 1.51 bits per heavy atom. The van der Waals surface area contributed by atoms with E-state index in [1.165, 1.54) is 0 Å². The summed E-state index contributed by atoms with van der Waals surface area (Å²) in [5, 5.41) is 32.8. The van der Waals surface area contributed by atoms with Gasteiger partial charge in [0.2, 0.25) is 0 Å². The van der Waals surface area contributed by atoms with Crippen molar-refractivity contribution in [3.63, 3.8) is 0 Å². The van der Waals surface area contributed by atoms with Gasteiger partial charge in [-0.15, -0.1) is 15.8 Å². The molecule has 0 saturated heterocycles. The highest BCUT2D eigenvalue weighted by Gasteiger charge is 2.18. The summed E-state index contributed by atoms with van der Waals surface area (Å²) in [7, 11) is 0. The average molecular weight is 504 g/mol. The van der Waals surface area contributed by atoms with Gasteiger partial charge in [-0.1, -0.05) is 78.9 Å². The average Bonchev–Trinajstić information content (AvgIpc) is 2.97. The second-order valence-electron chi connectivity index (χ2n) is 8.73. The van der Waals surface area contributed by atoms with Crippen LogP contribution in [0, 0.1) is 34.6 Å². The van der Waals surface area contributed by atoms with Gasteiger partial charge < -0.3 is 14.2 Å². The van der Waals surface area contributed by atoms with Crippen LogP contribution in [-0.2, 0) is 0 Å². The first kappa shape index (κ1) is 23.4. The Labute approximate surface area is 223 Å². The summed E-state index contributed by atoms with van der Waals surface area (Å²) in [5.74, 6) is 1.39. The van der Waals surface area contributed by atoms with Crippen molar-refractivity contribution in [3.05, 3.63) is 103 Å². The SMILES string of the molecule is N#COc1cccc2c(-c3ccc(-c4ccc(OC#N)c5ccccc45)c4c(OC#N)cccc34)cccc12. The molecule has 0 unspecified atom stereocenters. The van der Waals surface area contributed by atoms with E-state index in [0.717, 1.165) is 54.6 Å². The third-order valence-corrected chi connectivity index (χ3v) is 6.82. The van der Waals surface area contributed by atoms with Gasteiger partial charge in [-0.05, 0) is 62.7 Å². The van der Waals surface area contributed by atoms with Crippen molar-refractivity contribution >= 4 is 32.3 Å². The zero-order valence-corrected chi connectivity index (χ0v) is 20.4. The van der Waals surface area contributed by atoms with Gasteiger partial charge in [0, 0.05) is 16.2 Å². The lowest BCUT2D eigenvalue weighted by Gasteiger charge is -2.17. The third kappa shape index (κ3) is 3.89. The molecular weight excluding hydrogens is 486 g/mol. The van der Waals surface area contributed by atoms with Crippen LogP contribution in [0.1, 0.15) is 0 Å². The first-order valence-electron chi connectivity index (χ1n) is 12.0. The standard InChI is InChI=1S/C33H17N3O3/c34-18-37-30-12-4-9-23-21(8-3-10-27(23)30)24-14-15-29(33-28(24)11-5-13-32(33)39-20-36)25-16-17-31(38-19-35)26-7-2-1-6-22(25)26/h1-17H. The van der Waals surface area contributed by atoms with Crippen LogP contribution in [0.3, 0.4) is 0 Å². The van der Waals surface area contributed by atoms with Crippen molar-refractivity contribution in [2.45, 2.75) is 0 Å². The maximum atomic E-state index is 9.46. The molecule has 6 rings (SSSR count). The molecule has 0 amide bonds. The lowest BCUT2D eigenvalue weighted by atomic mass is 9.88. The van der Waals surface area contributed by atoms with Crippen LogP contribution in [0.25, 0.3) is 54.6 Å². The predicted molar refractivity (Wildman–Crippen MR) is 149 cm³/mol. The summed E-state index contributed by atoms with van der Waals surface area (Å²) in [5.41, 5.74) is 3.66. The van der Waals surface area contributed by atoms with Gasteiger partial charge in [-0.25, -0.2) is 0 Å². The van der Waals surface area contributed by atoms with Crippen molar-refractivity contribution in [1.29, 1.82) is 15.8 Å². The molecule has 0 aliphatic heterocycles. The lowest BCUT2D eigenvalue weighted by Crippen LogP contribution is -1.93. The molecule has 6 heteroatoms. The number of hydrogen-bond acceptors (Lipinski definition) is 6. The van der Waals surface area contributed by atoms with Gasteiger partial charge in [-0.3, -0.25) is 0 Å². The van der Waals surface area contributed by atoms with E-state index in [9.17, 15) is 5.26 Å². The highest BCUT2D eigenvalue weighted by atomic mass is 16.5. The Morgan fingerprint density at radius 1 is 0.359 bits per heavy atom. The number of benzene rings is 6. The normalized spacial score (nSPS) is 10.5. The second kappa shape index (κ2) is 9.79. The van der Waals surface area contributed by atoms with Crippen molar-refractivity contribution in [2.24, 2.45) is 0 Å². The van der Waals surface area contributed by atoms with Gasteiger partial charge >= 0.3 is 0 Å². The Morgan fingerprint density at radius 2 is 0.795 bits per heavy atom. The summed E-state index contributed by atoms with van der Waals surface area (Å²) < 4.78 is 15.9. The minimum atomic E-state index is 0.432. The molecule has 0 bridgehead atoms. The maximum absolute atomic E-state index is 9.46. The minimum Gasteiger partial charge on any atom is -0.387 e. The Bertz CT molecular complexity index is 2050. The van der Waals surface area contributed by atoms with E-state index in [0.29, 0.717) is 17.2 Å². The molecule has 6 nitrogen and oxygen atoms in total. The van der Waals surface area contributed by atoms with Crippen LogP contribution in [0.4, 0.5) is 0 Å². The highest BCUT2D eigenvalue weighted by Crippen LogP contribution is 2.45.